The minimum Gasteiger partial charge on any atom is -0.335 e. The molecule has 1 N–H and O–H groups in total. The number of Topliss-reactive ketones (excluding diaryl/α,β-unsaturated/α-hetero) is 1. The molecule has 0 atom stereocenters. The summed E-state index contributed by atoms with van der Waals surface area (Å²) in [5, 5.41) is 0.759. The minimum atomic E-state index is -0.336. The zero-order valence-electron chi connectivity index (χ0n) is 10.6. The molecule has 2 heterocycles. The second-order valence-corrected chi connectivity index (χ2v) is 4.78. The average molecular weight is 257 g/mol. The number of H-pyrrole nitrogens is 1. The van der Waals surface area contributed by atoms with Crippen molar-refractivity contribution < 1.29 is 9.18 Å². The highest BCUT2D eigenvalue weighted by Crippen LogP contribution is 2.23. The number of nitrogens with one attached hydrogen (secondary N) is 1. The summed E-state index contributed by atoms with van der Waals surface area (Å²) >= 11 is 0. The summed E-state index contributed by atoms with van der Waals surface area (Å²) in [5.41, 5.74) is 1.87. The fraction of sp³-hybridized carbons (Fsp3) is 0.214. The Labute approximate surface area is 108 Å². The number of rotatable bonds is 2. The summed E-state index contributed by atoms with van der Waals surface area (Å²) in [6.07, 6.45) is 1.55. The molecule has 0 aliphatic rings. The molecule has 0 bridgehead atoms. The molecule has 2 aromatic heterocycles. The third-order valence-electron chi connectivity index (χ3n) is 3.04. The summed E-state index contributed by atoms with van der Waals surface area (Å²) in [5.74, 6) is -0.190. The number of aromatic amines is 1. The summed E-state index contributed by atoms with van der Waals surface area (Å²) in [7, 11) is 0. The maximum absolute atomic E-state index is 13.2. The molecule has 0 unspecified atom stereocenters. The van der Waals surface area contributed by atoms with E-state index in [2.05, 4.69) is 15.0 Å². The van der Waals surface area contributed by atoms with Crippen LogP contribution in [0.2, 0.25) is 0 Å². The van der Waals surface area contributed by atoms with Crippen LogP contribution in [0.25, 0.3) is 21.9 Å². The lowest BCUT2D eigenvalue weighted by molar-refractivity contribution is 0.0930. The minimum absolute atomic E-state index is 0.0496. The molecule has 3 rings (SSSR count). The SMILES string of the molecule is CC(C)C(=O)c1nc2cnc3cc(F)ccc3c2[nH]1. The molecular formula is C14H12FN3O. The Kier molecular flexibility index (Phi) is 2.55. The molecule has 19 heavy (non-hydrogen) atoms. The lowest BCUT2D eigenvalue weighted by Gasteiger charge is -1.98. The number of aromatic nitrogens is 3. The zero-order valence-corrected chi connectivity index (χ0v) is 10.6. The lowest BCUT2D eigenvalue weighted by Crippen LogP contribution is -2.09. The molecule has 0 saturated heterocycles. The first kappa shape index (κ1) is 11.8. The van der Waals surface area contributed by atoms with Crippen molar-refractivity contribution >= 4 is 27.7 Å². The van der Waals surface area contributed by atoms with Gasteiger partial charge in [-0.25, -0.2) is 9.37 Å². The maximum Gasteiger partial charge on any atom is 0.200 e. The van der Waals surface area contributed by atoms with Gasteiger partial charge in [-0.15, -0.1) is 0 Å². The van der Waals surface area contributed by atoms with Crippen molar-refractivity contribution in [3.63, 3.8) is 0 Å². The Morgan fingerprint density at radius 3 is 2.84 bits per heavy atom. The monoisotopic (exact) mass is 257 g/mol. The first-order valence-corrected chi connectivity index (χ1v) is 6.04. The molecule has 0 saturated carbocycles. The van der Waals surface area contributed by atoms with Crippen LogP contribution in [0.4, 0.5) is 4.39 Å². The number of imidazole rings is 1. The van der Waals surface area contributed by atoms with E-state index in [0.29, 0.717) is 22.4 Å². The number of pyridine rings is 1. The number of carbonyl (C=O) groups is 1. The van der Waals surface area contributed by atoms with E-state index >= 15 is 0 Å². The zero-order chi connectivity index (χ0) is 13.6. The first-order chi connectivity index (χ1) is 9.06. The average Bonchev–Trinajstić information content (AvgIpc) is 2.81. The standard InChI is InChI=1S/C14H12FN3O/c1-7(2)13(19)14-17-11-6-16-10-5-8(15)3-4-9(10)12(11)18-14/h3-7H,1-2H3,(H,17,18). The number of ketones is 1. The molecular weight excluding hydrogens is 245 g/mol. The Bertz CT molecular complexity index is 792. The normalized spacial score (nSPS) is 11.6. The van der Waals surface area contributed by atoms with Crippen molar-refractivity contribution in [2.24, 2.45) is 5.92 Å². The van der Waals surface area contributed by atoms with Crippen LogP contribution in [0.3, 0.4) is 0 Å². The van der Waals surface area contributed by atoms with Crippen LogP contribution >= 0.6 is 0 Å². The van der Waals surface area contributed by atoms with Gasteiger partial charge in [-0.3, -0.25) is 9.78 Å². The van der Waals surface area contributed by atoms with Gasteiger partial charge >= 0.3 is 0 Å². The van der Waals surface area contributed by atoms with Gasteiger partial charge in [0.15, 0.2) is 5.82 Å². The summed E-state index contributed by atoms with van der Waals surface area (Å²) in [6.45, 7) is 3.64. The molecule has 5 heteroatoms. The predicted octanol–water partition coefficient (Wildman–Crippen LogP) is 3.09. The van der Waals surface area contributed by atoms with Gasteiger partial charge in [0, 0.05) is 17.4 Å². The summed E-state index contributed by atoms with van der Waals surface area (Å²) < 4.78 is 13.2. The van der Waals surface area contributed by atoms with Gasteiger partial charge < -0.3 is 4.98 Å². The summed E-state index contributed by atoms with van der Waals surface area (Å²) in [6, 6.07) is 4.37. The highest BCUT2D eigenvalue weighted by molar-refractivity contribution is 6.05. The molecule has 0 aliphatic carbocycles. The number of nitrogens with zero attached hydrogens (tertiary/aromatic N) is 2. The van der Waals surface area contributed by atoms with E-state index in [-0.39, 0.29) is 17.5 Å². The molecule has 96 valence electrons. The molecule has 3 aromatic rings. The van der Waals surface area contributed by atoms with Crippen molar-refractivity contribution in [3.05, 3.63) is 36.0 Å². The van der Waals surface area contributed by atoms with Gasteiger partial charge in [0.25, 0.3) is 0 Å². The lowest BCUT2D eigenvalue weighted by atomic mass is 10.1. The number of carbonyl (C=O) groups excluding carboxylic acids is 1. The maximum atomic E-state index is 13.2. The van der Waals surface area contributed by atoms with Crippen LogP contribution in [0, 0.1) is 11.7 Å². The molecule has 1 aromatic carbocycles. The number of hydrogen-bond donors (Lipinski definition) is 1. The molecule has 0 spiro atoms. The quantitative estimate of drug-likeness (QED) is 0.718. The molecule has 0 amide bonds. The van der Waals surface area contributed by atoms with E-state index in [0.717, 1.165) is 5.39 Å². The van der Waals surface area contributed by atoms with Crippen LogP contribution < -0.4 is 0 Å². The molecule has 0 aliphatic heterocycles. The van der Waals surface area contributed by atoms with Crippen molar-refractivity contribution in [1.82, 2.24) is 15.0 Å². The van der Waals surface area contributed by atoms with Gasteiger partial charge in [-0.1, -0.05) is 13.8 Å². The Morgan fingerprint density at radius 1 is 1.32 bits per heavy atom. The fourth-order valence-electron chi connectivity index (χ4n) is 2.03. The van der Waals surface area contributed by atoms with E-state index in [1.807, 2.05) is 13.8 Å². The van der Waals surface area contributed by atoms with Crippen molar-refractivity contribution in [2.45, 2.75) is 13.8 Å². The molecule has 0 radical (unpaired) electrons. The Morgan fingerprint density at radius 2 is 2.11 bits per heavy atom. The third-order valence-corrected chi connectivity index (χ3v) is 3.04. The molecule has 0 fully saturated rings. The number of benzene rings is 1. The van der Waals surface area contributed by atoms with E-state index in [4.69, 9.17) is 0 Å². The van der Waals surface area contributed by atoms with Crippen molar-refractivity contribution in [3.8, 4) is 0 Å². The Balaban J connectivity index is 2.28. The van der Waals surface area contributed by atoms with Gasteiger partial charge in [-0.2, -0.15) is 0 Å². The Hall–Kier alpha value is -2.30. The smallest absolute Gasteiger partial charge is 0.200 e. The topological polar surface area (TPSA) is 58.6 Å². The van der Waals surface area contributed by atoms with Crippen molar-refractivity contribution in [2.75, 3.05) is 0 Å². The molecule has 4 nitrogen and oxygen atoms in total. The highest BCUT2D eigenvalue weighted by Gasteiger charge is 2.16. The van der Waals surface area contributed by atoms with E-state index in [9.17, 15) is 9.18 Å². The van der Waals surface area contributed by atoms with Crippen LogP contribution in [-0.4, -0.2) is 20.7 Å². The van der Waals surface area contributed by atoms with Gasteiger partial charge in [0.1, 0.15) is 11.3 Å². The van der Waals surface area contributed by atoms with Crippen LogP contribution in [0.15, 0.2) is 24.4 Å². The van der Waals surface area contributed by atoms with E-state index in [1.54, 1.807) is 12.3 Å². The first-order valence-electron chi connectivity index (χ1n) is 6.04. The second kappa shape index (κ2) is 4.12. The number of hydrogen-bond acceptors (Lipinski definition) is 3. The fourth-order valence-corrected chi connectivity index (χ4v) is 2.03. The summed E-state index contributed by atoms with van der Waals surface area (Å²) in [4.78, 5) is 23.3. The van der Waals surface area contributed by atoms with Gasteiger partial charge in [-0.05, 0) is 12.1 Å². The third kappa shape index (κ3) is 1.87. The van der Waals surface area contributed by atoms with Gasteiger partial charge in [0.2, 0.25) is 5.78 Å². The van der Waals surface area contributed by atoms with Crippen molar-refractivity contribution in [1.29, 1.82) is 0 Å². The van der Waals surface area contributed by atoms with Crippen LogP contribution in [0.1, 0.15) is 24.5 Å². The second-order valence-electron chi connectivity index (χ2n) is 4.78. The van der Waals surface area contributed by atoms with Gasteiger partial charge in [0.05, 0.1) is 17.2 Å². The largest absolute Gasteiger partial charge is 0.335 e. The predicted molar refractivity (Wildman–Crippen MR) is 70.5 cm³/mol. The number of halogens is 1. The van der Waals surface area contributed by atoms with E-state index in [1.165, 1.54) is 12.1 Å². The number of fused-ring (bicyclic) bond motifs is 3. The highest BCUT2D eigenvalue weighted by atomic mass is 19.1. The van der Waals surface area contributed by atoms with Crippen LogP contribution in [0.5, 0.6) is 0 Å². The van der Waals surface area contributed by atoms with E-state index < -0.39 is 0 Å². The van der Waals surface area contributed by atoms with Crippen LogP contribution in [-0.2, 0) is 0 Å².